The average molecular weight is 295 g/mol. The van der Waals surface area contributed by atoms with Crippen LogP contribution in [0.25, 0.3) is 0 Å². The lowest BCUT2D eigenvalue weighted by Gasteiger charge is -2.03. The van der Waals surface area contributed by atoms with Gasteiger partial charge in [-0.25, -0.2) is 0 Å². The Morgan fingerprint density at radius 1 is 0.864 bits per heavy atom. The van der Waals surface area contributed by atoms with Gasteiger partial charge in [0.05, 0.1) is 0 Å². The van der Waals surface area contributed by atoms with E-state index < -0.39 is 0 Å². The van der Waals surface area contributed by atoms with E-state index in [0.717, 1.165) is 17.0 Å². The van der Waals surface area contributed by atoms with E-state index in [1.165, 1.54) is 0 Å². The van der Waals surface area contributed by atoms with Crippen LogP contribution in [0.5, 0.6) is 0 Å². The summed E-state index contributed by atoms with van der Waals surface area (Å²) in [6.45, 7) is 3.00. The highest BCUT2D eigenvalue weighted by atomic mass is 16.7. The summed E-state index contributed by atoms with van der Waals surface area (Å²) in [7, 11) is 0. The highest BCUT2D eigenvalue weighted by Gasteiger charge is 2.15. The summed E-state index contributed by atoms with van der Waals surface area (Å²) >= 11 is 0. The van der Waals surface area contributed by atoms with Crippen LogP contribution in [0.1, 0.15) is 17.0 Å². The van der Waals surface area contributed by atoms with E-state index >= 15 is 0 Å². The molecule has 0 radical (unpaired) electrons. The van der Waals surface area contributed by atoms with Crippen LogP contribution in [0, 0.1) is 6.92 Å². The largest absolute Gasteiger partial charge is 0.332 e. The first kappa shape index (κ1) is 14.2. The lowest BCUT2D eigenvalue weighted by atomic mass is 10.2. The van der Waals surface area contributed by atoms with E-state index in [0.29, 0.717) is 13.2 Å². The van der Waals surface area contributed by atoms with Gasteiger partial charge in [-0.2, -0.15) is 0 Å². The molecule has 22 heavy (non-hydrogen) atoms. The first-order valence-corrected chi connectivity index (χ1v) is 7.27. The standard InChI is InChI=1S/C18H19N2O2/c1-16-19(21-14-17-8-4-2-5-9-17)12-13-20(16)22-15-18-10-6-3-7-11-18/h2-13H,14-15H2,1H3/q+1. The molecule has 4 heteroatoms. The molecular weight excluding hydrogens is 276 g/mol. The Morgan fingerprint density at radius 2 is 1.45 bits per heavy atom. The SMILES string of the molecule is Cc1n(OCc2ccccc2)cc[n+]1OCc1ccccc1. The zero-order valence-electron chi connectivity index (χ0n) is 12.6. The van der Waals surface area contributed by atoms with Gasteiger partial charge in [0, 0.05) is 6.92 Å². The summed E-state index contributed by atoms with van der Waals surface area (Å²) in [6, 6.07) is 20.2. The van der Waals surface area contributed by atoms with Crippen molar-refractivity contribution < 1.29 is 14.4 Å². The first-order valence-electron chi connectivity index (χ1n) is 7.27. The number of hydrogen-bond donors (Lipinski definition) is 0. The molecule has 3 aromatic rings. The van der Waals surface area contributed by atoms with Crippen LogP contribution >= 0.6 is 0 Å². The Kier molecular flexibility index (Phi) is 4.39. The smallest absolute Gasteiger partial charge is 0.331 e. The van der Waals surface area contributed by atoms with Crippen molar-refractivity contribution in [3.05, 3.63) is 90.0 Å². The van der Waals surface area contributed by atoms with Crippen LogP contribution in [0.15, 0.2) is 73.1 Å². The molecule has 112 valence electrons. The molecule has 2 aromatic carbocycles. The Hall–Kier alpha value is -2.75. The molecule has 0 saturated carbocycles. The number of rotatable bonds is 6. The molecule has 0 spiro atoms. The molecule has 4 nitrogen and oxygen atoms in total. The van der Waals surface area contributed by atoms with Gasteiger partial charge in [-0.05, 0) is 20.6 Å². The van der Waals surface area contributed by atoms with Gasteiger partial charge < -0.3 is 9.68 Å². The Balaban J connectivity index is 1.60. The molecule has 0 fully saturated rings. The molecule has 0 aliphatic carbocycles. The maximum Gasteiger partial charge on any atom is 0.332 e. The van der Waals surface area contributed by atoms with Crippen molar-refractivity contribution in [2.24, 2.45) is 0 Å². The van der Waals surface area contributed by atoms with Crippen LogP contribution < -0.4 is 14.4 Å². The molecule has 0 aliphatic heterocycles. The highest BCUT2D eigenvalue weighted by Crippen LogP contribution is 2.01. The molecule has 0 aliphatic rings. The van der Waals surface area contributed by atoms with Crippen LogP contribution in [0.2, 0.25) is 0 Å². The lowest BCUT2D eigenvalue weighted by molar-refractivity contribution is -0.899. The zero-order chi connectivity index (χ0) is 15.2. The monoisotopic (exact) mass is 295 g/mol. The summed E-state index contributed by atoms with van der Waals surface area (Å²) in [5.41, 5.74) is 2.26. The third kappa shape index (κ3) is 3.47. The highest BCUT2D eigenvalue weighted by molar-refractivity contribution is 5.14. The molecule has 0 N–H and O–H groups in total. The summed E-state index contributed by atoms with van der Waals surface area (Å²) < 4.78 is 3.44. The molecule has 1 heterocycles. The van der Waals surface area contributed by atoms with Gasteiger partial charge in [-0.15, -0.1) is 0 Å². The van der Waals surface area contributed by atoms with Gasteiger partial charge in [0.25, 0.3) is 0 Å². The van der Waals surface area contributed by atoms with Gasteiger partial charge in [0.1, 0.15) is 0 Å². The number of benzene rings is 2. The predicted octanol–water partition coefficient (Wildman–Crippen LogP) is 2.34. The van der Waals surface area contributed by atoms with Gasteiger partial charge in [-0.3, -0.25) is 0 Å². The van der Waals surface area contributed by atoms with Gasteiger partial charge in [0.2, 0.25) is 0 Å². The maximum atomic E-state index is 5.77. The van der Waals surface area contributed by atoms with Crippen LogP contribution in [-0.2, 0) is 13.2 Å². The van der Waals surface area contributed by atoms with Gasteiger partial charge in [-0.1, -0.05) is 60.7 Å². The van der Waals surface area contributed by atoms with E-state index in [9.17, 15) is 0 Å². The topological polar surface area (TPSA) is 27.3 Å². The van der Waals surface area contributed by atoms with Crippen molar-refractivity contribution in [1.82, 2.24) is 4.73 Å². The predicted molar refractivity (Wildman–Crippen MR) is 82.8 cm³/mol. The minimum atomic E-state index is 0.523. The second kappa shape index (κ2) is 6.80. The molecule has 0 atom stereocenters. The minimum absolute atomic E-state index is 0.523. The fraction of sp³-hybridized carbons (Fsp3) is 0.167. The lowest BCUT2D eigenvalue weighted by Crippen LogP contribution is -2.44. The zero-order valence-corrected chi connectivity index (χ0v) is 12.6. The fourth-order valence-corrected chi connectivity index (χ4v) is 2.14. The van der Waals surface area contributed by atoms with Crippen molar-refractivity contribution in [2.75, 3.05) is 0 Å². The third-order valence-corrected chi connectivity index (χ3v) is 3.40. The Bertz CT molecular complexity index is 647. The molecule has 0 unspecified atom stereocenters. The van der Waals surface area contributed by atoms with E-state index in [-0.39, 0.29) is 0 Å². The number of imidazole rings is 1. The van der Waals surface area contributed by atoms with Crippen LogP contribution in [-0.4, -0.2) is 4.73 Å². The summed E-state index contributed by atoms with van der Waals surface area (Å²) in [5.74, 6) is 0.881. The minimum Gasteiger partial charge on any atom is -0.331 e. The van der Waals surface area contributed by atoms with Crippen molar-refractivity contribution in [3.63, 3.8) is 0 Å². The molecular formula is C18H19N2O2+. The van der Waals surface area contributed by atoms with E-state index in [2.05, 4.69) is 0 Å². The van der Waals surface area contributed by atoms with E-state index in [4.69, 9.17) is 9.68 Å². The van der Waals surface area contributed by atoms with Crippen LogP contribution in [0.3, 0.4) is 0 Å². The fourth-order valence-electron chi connectivity index (χ4n) is 2.14. The number of aromatic nitrogens is 2. The molecule has 0 saturated heterocycles. The first-order chi connectivity index (χ1) is 10.8. The van der Waals surface area contributed by atoms with Crippen molar-refractivity contribution in [2.45, 2.75) is 20.1 Å². The molecule has 3 rings (SSSR count). The summed E-state index contributed by atoms with van der Waals surface area (Å²) in [4.78, 5) is 11.5. The Morgan fingerprint density at radius 3 is 2.09 bits per heavy atom. The third-order valence-electron chi connectivity index (χ3n) is 3.40. The molecule has 1 aromatic heterocycles. The number of nitrogens with zero attached hydrogens (tertiary/aromatic N) is 2. The summed E-state index contributed by atoms with van der Waals surface area (Å²) in [6.07, 6.45) is 3.70. The average Bonchev–Trinajstić information content (AvgIpc) is 2.93. The normalized spacial score (nSPS) is 10.4. The van der Waals surface area contributed by atoms with Crippen molar-refractivity contribution in [1.29, 1.82) is 0 Å². The Labute approximate surface area is 130 Å². The second-order valence-electron chi connectivity index (χ2n) is 5.02. The second-order valence-corrected chi connectivity index (χ2v) is 5.02. The van der Waals surface area contributed by atoms with E-state index in [1.807, 2.05) is 80.0 Å². The van der Waals surface area contributed by atoms with Crippen LogP contribution in [0.4, 0.5) is 0 Å². The van der Waals surface area contributed by atoms with Crippen molar-refractivity contribution >= 4 is 0 Å². The number of hydrogen-bond acceptors (Lipinski definition) is 2. The summed E-state index contributed by atoms with van der Waals surface area (Å²) in [5, 5.41) is 0. The maximum absolute atomic E-state index is 5.77. The van der Waals surface area contributed by atoms with E-state index in [1.54, 1.807) is 9.46 Å². The molecule has 0 bridgehead atoms. The quantitative estimate of drug-likeness (QED) is 0.653. The van der Waals surface area contributed by atoms with Gasteiger partial charge in [0.15, 0.2) is 25.6 Å². The molecule has 0 amide bonds. The van der Waals surface area contributed by atoms with Gasteiger partial charge >= 0.3 is 5.82 Å². The van der Waals surface area contributed by atoms with Crippen molar-refractivity contribution in [3.8, 4) is 0 Å².